The van der Waals surface area contributed by atoms with E-state index in [0.29, 0.717) is 25.2 Å². The van der Waals surface area contributed by atoms with Crippen molar-refractivity contribution in [3.8, 4) is 0 Å². The number of hydrogen-bond donors (Lipinski definition) is 1. The maximum Gasteiger partial charge on any atom is 0.261 e. The Labute approximate surface area is 152 Å². The van der Waals surface area contributed by atoms with Crippen molar-refractivity contribution in [3.63, 3.8) is 0 Å². The van der Waals surface area contributed by atoms with Gasteiger partial charge in [0.1, 0.15) is 5.82 Å². The summed E-state index contributed by atoms with van der Waals surface area (Å²) in [6.07, 6.45) is 1.21. The fraction of sp³-hybridized carbons (Fsp3) is 0.316. The smallest absolute Gasteiger partial charge is 0.261 e. The van der Waals surface area contributed by atoms with Gasteiger partial charge >= 0.3 is 0 Å². The highest BCUT2D eigenvalue weighted by Crippen LogP contribution is 2.25. The average molecular weight is 376 g/mol. The normalized spacial score (nSPS) is 14.0. The summed E-state index contributed by atoms with van der Waals surface area (Å²) in [5, 5.41) is 0. The van der Waals surface area contributed by atoms with Crippen molar-refractivity contribution < 1.29 is 17.6 Å². The summed E-state index contributed by atoms with van der Waals surface area (Å²) < 4.78 is 41.0. The topological polar surface area (TPSA) is 66.5 Å². The summed E-state index contributed by atoms with van der Waals surface area (Å²) in [5.74, 6) is -0.359. The summed E-state index contributed by atoms with van der Waals surface area (Å²) in [7, 11) is -3.81. The number of halogens is 1. The molecule has 1 heterocycles. The predicted molar refractivity (Wildman–Crippen MR) is 97.8 cm³/mol. The molecular formula is C19H21FN2O3S. The molecule has 3 rings (SSSR count). The molecule has 0 saturated heterocycles. The third-order valence-corrected chi connectivity index (χ3v) is 5.94. The Bertz CT molecular complexity index is 957. The number of hydrogen-bond acceptors (Lipinski definition) is 3. The van der Waals surface area contributed by atoms with Crippen LogP contribution in [0, 0.1) is 12.7 Å². The lowest BCUT2D eigenvalue weighted by atomic mass is 9.99. The predicted octanol–water partition coefficient (Wildman–Crippen LogP) is 3.23. The van der Waals surface area contributed by atoms with E-state index in [4.69, 9.17) is 0 Å². The van der Waals surface area contributed by atoms with Crippen molar-refractivity contribution in [2.45, 2.75) is 38.1 Å². The number of anilines is 1. The van der Waals surface area contributed by atoms with E-state index in [0.717, 1.165) is 23.6 Å². The van der Waals surface area contributed by atoms with E-state index in [9.17, 15) is 17.6 Å². The third-order valence-electron chi connectivity index (χ3n) is 4.57. The molecule has 0 bridgehead atoms. The lowest BCUT2D eigenvalue weighted by Crippen LogP contribution is -2.35. The molecule has 2 aromatic carbocycles. The molecule has 2 aromatic rings. The summed E-state index contributed by atoms with van der Waals surface area (Å²) in [6.45, 7) is 4.51. The Morgan fingerprint density at radius 3 is 2.65 bits per heavy atom. The molecular weight excluding hydrogens is 355 g/mol. The Kier molecular flexibility index (Phi) is 5.00. The van der Waals surface area contributed by atoms with Gasteiger partial charge in [0.05, 0.1) is 4.90 Å². The minimum absolute atomic E-state index is 0.0110. The van der Waals surface area contributed by atoms with Crippen molar-refractivity contribution in [1.29, 1.82) is 0 Å². The fourth-order valence-corrected chi connectivity index (χ4v) is 4.19. The van der Waals surface area contributed by atoms with Crippen molar-refractivity contribution in [2.24, 2.45) is 0 Å². The van der Waals surface area contributed by atoms with Gasteiger partial charge in [0, 0.05) is 25.2 Å². The summed E-state index contributed by atoms with van der Waals surface area (Å²) >= 11 is 0. The molecule has 0 unspecified atom stereocenters. The van der Waals surface area contributed by atoms with Crippen LogP contribution in [-0.4, -0.2) is 25.8 Å². The number of carbonyl (C=O) groups is 1. The molecule has 0 fully saturated rings. The van der Waals surface area contributed by atoms with Crippen molar-refractivity contribution >= 4 is 21.6 Å². The minimum Gasteiger partial charge on any atom is -0.338 e. The average Bonchev–Trinajstić information content (AvgIpc) is 2.62. The number of nitrogens with one attached hydrogen (secondary N) is 1. The first-order valence-electron chi connectivity index (χ1n) is 8.48. The van der Waals surface area contributed by atoms with E-state index in [1.54, 1.807) is 17.0 Å². The Morgan fingerprint density at radius 2 is 1.96 bits per heavy atom. The molecule has 1 amide bonds. The largest absolute Gasteiger partial charge is 0.338 e. The van der Waals surface area contributed by atoms with Crippen molar-refractivity contribution in [1.82, 2.24) is 4.90 Å². The van der Waals surface area contributed by atoms with E-state index < -0.39 is 15.8 Å². The van der Waals surface area contributed by atoms with Gasteiger partial charge in [-0.2, -0.15) is 0 Å². The molecule has 138 valence electrons. The number of sulfonamides is 1. The Hall–Kier alpha value is -2.41. The van der Waals surface area contributed by atoms with Gasteiger partial charge in [-0.05, 0) is 60.4 Å². The first-order chi connectivity index (χ1) is 12.3. The second-order valence-electron chi connectivity index (χ2n) is 6.42. The summed E-state index contributed by atoms with van der Waals surface area (Å²) in [4.78, 5) is 13.7. The molecule has 1 aliphatic heterocycles. The number of aryl methyl sites for hydroxylation is 1. The third kappa shape index (κ3) is 3.72. The first kappa shape index (κ1) is 18.4. The molecule has 7 heteroatoms. The molecule has 1 aliphatic rings. The van der Waals surface area contributed by atoms with Gasteiger partial charge in [0.2, 0.25) is 5.91 Å². The van der Waals surface area contributed by atoms with Crippen LogP contribution in [0.3, 0.4) is 0 Å². The zero-order valence-corrected chi connectivity index (χ0v) is 15.6. The highest BCUT2D eigenvalue weighted by atomic mass is 32.2. The van der Waals surface area contributed by atoms with Crippen molar-refractivity contribution in [2.75, 3.05) is 11.3 Å². The fourth-order valence-electron chi connectivity index (χ4n) is 3.06. The quantitative estimate of drug-likeness (QED) is 0.891. The molecule has 0 atom stereocenters. The van der Waals surface area contributed by atoms with Crippen LogP contribution in [0.2, 0.25) is 0 Å². The van der Waals surface area contributed by atoms with Gasteiger partial charge in [-0.1, -0.05) is 13.0 Å². The summed E-state index contributed by atoms with van der Waals surface area (Å²) in [5.41, 5.74) is 2.75. The highest BCUT2D eigenvalue weighted by Gasteiger charge is 2.21. The molecule has 26 heavy (non-hydrogen) atoms. The standard InChI is InChI=1S/C19H21FN2O3S/c1-3-19(23)22-9-8-14-4-5-16(11-15(14)12-22)21-26(24,25)17-6-7-18(20)13(2)10-17/h4-7,10-11,21H,3,8-9,12H2,1-2H3. The zero-order chi connectivity index (χ0) is 18.9. The van der Waals surface area contributed by atoms with Gasteiger partial charge in [-0.15, -0.1) is 0 Å². The molecule has 1 N–H and O–H groups in total. The van der Waals surface area contributed by atoms with E-state index in [1.807, 2.05) is 13.0 Å². The van der Waals surface area contributed by atoms with Crippen LogP contribution in [0.1, 0.15) is 30.0 Å². The van der Waals surface area contributed by atoms with E-state index in [-0.39, 0.29) is 16.4 Å². The van der Waals surface area contributed by atoms with E-state index >= 15 is 0 Å². The van der Waals surface area contributed by atoms with Crippen LogP contribution in [0.15, 0.2) is 41.3 Å². The lowest BCUT2D eigenvalue weighted by Gasteiger charge is -2.29. The number of benzene rings is 2. The monoisotopic (exact) mass is 376 g/mol. The van der Waals surface area contributed by atoms with Crippen LogP contribution < -0.4 is 4.72 Å². The lowest BCUT2D eigenvalue weighted by molar-refractivity contribution is -0.131. The van der Waals surface area contributed by atoms with Gasteiger partial charge in [-0.3, -0.25) is 9.52 Å². The van der Waals surface area contributed by atoms with Crippen LogP contribution >= 0.6 is 0 Å². The minimum atomic E-state index is -3.81. The van der Waals surface area contributed by atoms with E-state index in [2.05, 4.69) is 4.72 Å². The summed E-state index contributed by atoms with van der Waals surface area (Å²) in [6, 6.07) is 9.05. The van der Waals surface area contributed by atoms with E-state index in [1.165, 1.54) is 19.1 Å². The number of rotatable bonds is 4. The molecule has 5 nitrogen and oxygen atoms in total. The molecule has 0 spiro atoms. The number of amides is 1. The molecule has 0 radical (unpaired) electrons. The Balaban J connectivity index is 1.84. The van der Waals surface area contributed by atoms with Crippen LogP contribution in [0.25, 0.3) is 0 Å². The second kappa shape index (κ2) is 7.07. The van der Waals surface area contributed by atoms with Gasteiger partial charge in [0.15, 0.2) is 0 Å². The van der Waals surface area contributed by atoms with Crippen LogP contribution in [0.5, 0.6) is 0 Å². The Morgan fingerprint density at radius 1 is 1.19 bits per heavy atom. The van der Waals surface area contributed by atoms with Crippen LogP contribution in [-0.2, 0) is 27.8 Å². The maximum atomic E-state index is 13.4. The SMILES string of the molecule is CCC(=O)N1CCc2ccc(NS(=O)(=O)c3ccc(F)c(C)c3)cc2C1. The number of carbonyl (C=O) groups excluding carboxylic acids is 1. The molecule has 0 aliphatic carbocycles. The first-order valence-corrected chi connectivity index (χ1v) is 9.97. The number of fused-ring (bicyclic) bond motifs is 1. The number of nitrogens with zero attached hydrogens (tertiary/aromatic N) is 1. The second-order valence-corrected chi connectivity index (χ2v) is 8.10. The highest BCUT2D eigenvalue weighted by molar-refractivity contribution is 7.92. The van der Waals surface area contributed by atoms with Gasteiger partial charge in [-0.25, -0.2) is 12.8 Å². The zero-order valence-electron chi connectivity index (χ0n) is 14.8. The van der Waals surface area contributed by atoms with Gasteiger partial charge in [0.25, 0.3) is 10.0 Å². The van der Waals surface area contributed by atoms with Gasteiger partial charge < -0.3 is 4.90 Å². The molecule has 0 saturated carbocycles. The molecule has 0 aromatic heterocycles. The van der Waals surface area contributed by atoms with Crippen molar-refractivity contribution in [3.05, 3.63) is 58.9 Å². The van der Waals surface area contributed by atoms with Crippen LogP contribution in [0.4, 0.5) is 10.1 Å². The maximum absolute atomic E-state index is 13.4.